The van der Waals surface area contributed by atoms with Crippen LogP contribution in [0.2, 0.25) is 0 Å². The Morgan fingerprint density at radius 1 is 1.10 bits per heavy atom. The molecule has 1 aromatic heterocycles. The molecule has 4 rings (SSSR count). The zero-order valence-corrected chi connectivity index (χ0v) is 16.8. The van der Waals surface area contributed by atoms with E-state index in [2.05, 4.69) is 14.9 Å². The molecule has 0 fully saturated rings. The number of hydrogen-bond acceptors (Lipinski definition) is 4. The lowest BCUT2D eigenvalue weighted by Gasteiger charge is -2.13. The minimum Gasteiger partial charge on any atom is -0.490 e. The Labute approximate surface area is 170 Å². The summed E-state index contributed by atoms with van der Waals surface area (Å²) in [6.07, 6.45) is 4.07. The van der Waals surface area contributed by atoms with Gasteiger partial charge in [0.2, 0.25) is 0 Å². The fraction of sp³-hybridized carbons (Fsp3) is 0.304. The molecule has 150 valence electrons. The van der Waals surface area contributed by atoms with Gasteiger partial charge in [-0.3, -0.25) is 4.79 Å². The number of benzene rings is 2. The van der Waals surface area contributed by atoms with E-state index in [0.29, 0.717) is 30.3 Å². The van der Waals surface area contributed by atoms with E-state index in [1.54, 1.807) is 18.2 Å². The van der Waals surface area contributed by atoms with Crippen molar-refractivity contribution in [3.05, 3.63) is 60.0 Å². The van der Waals surface area contributed by atoms with Gasteiger partial charge >= 0.3 is 0 Å². The molecule has 3 aromatic rings. The number of rotatable bonds is 7. The first-order chi connectivity index (χ1) is 14.2. The topological polar surface area (TPSA) is 65.4 Å². The molecule has 6 nitrogen and oxygen atoms in total. The number of carbonyl (C=O) groups excluding carboxylic acids is 1. The number of imidazole rings is 1. The average molecular weight is 391 g/mol. The van der Waals surface area contributed by atoms with Crippen molar-refractivity contribution in [2.24, 2.45) is 0 Å². The van der Waals surface area contributed by atoms with Gasteiger partial charge in [0.1, 0.15) is 5.82 Å². The lowest BCUT2D eigenvalue weighted by atomic mass is 10.1. The summed E-state index contributed by atoms with van der Waals surface area (Å²) in [5.41, 5.74) is 3.40. The highest BCUT2D eigenvalue weighted by Gasteiger charge is 2.17. The molecule has 29 heavy (non-hydrogen) atoms. The summed E-state index contributed by atoms with van der Waals surface area (Å²) in [6.45, 7) is 5.85. The van der Waals surface area contributed by atoms with Crippen LogP contribution in [0.1, 0.15) is 36.5 Å². The number of aryl methyl sites for hydroxylation is 1. The van der Waals surface area contributed by atoms with Crippen molar-refractivity contribution in [2.75, 3.05) is 18.5 Å². The molecule has 0 spiro atoms. The smallest absolute Gasteiger partial charge is 0.255 e. The Kier molecular flexibility index (Phi) is 5.51. The summed E-state index contributed by atoms with van der Waals surface area (Å²) in [5, 5.41) is 2.98. The third-order valence-electron chi connectivity index (χ3n) is 4.94. The van der Waals surface area contributed by atoms with Crippen molar-refractivity contribution in [1.29, 1.82) is 0 Å². The fourth-order valence-corrected chi connectivity index (χ4v) is 3.64. The zero-order valence-electron chi connectivity index (χ0n) is 16.8. The van der Waals surface area contributed by atoms with Crippen LogP contribution in [0.3, 0.4) is 0 Å². The number of aromatic nitrogens is 2. The molecule has 0 saturated heterocycles. The van der Waals surface area contributed by atoms with Crippen molar-refractivity contribution < 1.29 is 14.3 Å². The normalized spacial score (nSPS) is 12.5. The van der Waals surface area contributed by atoms with Crippen LogP contribution in [0, 0.1) is 0 Å². The van der Waals surface area contributed by atoms with Crippen LogP contribution in [-0.4, -0.2) is 28.7 Å². The maximum atomic E-state index is 12.8. The zero-order chi connectivity index (χ0) is 20.2. The highest BCUT2D eigenvalue weighted by atomic mass is 16.5. The van der Waals surface area contributed by atoms with Crippen LogP contribution in [0.5, 0.6) is 11.5 Å². The van der Waals surface area contributed by atoms with Crippen LogP contribution in [0.15, 0.2) is 48.7 Å². The molecule has 0 atom stereocenters. The third kappa shape index (κ3) is 3.97. The number of anilines is 1. The molecule has 1 N–H and O–H groups in total. The lowest BCUT2D eigenvalue weighted by molar-refractivity contribution is 0.102. The van der Waals surface area contributed by atoms with Gasteiger partial charge in [0, 0.05) is 29.8 Å². The van der Waals surface area contributed by atoms with Crippen LogP contribution >= 0.6 is 0 Å². The molecular formula is C23H25N3O3. The number of nitrogens with one attached hydrogen (secondary N) is 1. The lowest BCUT2D eigenvalue weighted by Crippen LogP contribution is -2.12. The first kappa shape index (κ1) is 19.1. The number of hydrogen-bond donors (Lipinski definition) is 1. The second kappa shape index (κ2) is 8.39. The van der Waals surface area contributed by atoms with E-state index in [-0.39, 0.29) is 5.91 Å². The predicted octanol–water partition coefficient (Wildman–Crippen LogP) is 4.55. The van der Waals surface area contributed by atoms with Gasteiger partial charge in [0.05, 0.1) is 25.1 Å². The number of amides is 1. The average Bonchev–Trinajstić information content (AvgIpc) is 3.33. The van der Waals surface area contributed by atoms with E-state index in [0.717, 1.165) is 42.2 Å². The Bertz CT molecular complexity index is 1030. The van der Waals surface area contributed by atoms with Gasteiger partial charge in [-0.1, -0.05) is 12.1 Å². The highest BCUT2D eigenvalue weighted by Crippen LogP contribution is 2.30. The Morgan fingerprint density at radius 3 is 2.76 bits per heavy atom. The Balaban J connectivity index is 1.55. The van der Waals surface area contributed by atoms with E-state index in [1.807, 2.05) is 44.3 Å². The standard InChI is InChI=1S/C23H25N3O3/c1-3-28-20-11-10-17(14-21(20)29-4-2)23(27)25-18-8-5-7-16(13-18)19-15-24-22-9-6-12-26(19)22/h5,7-8,10-11,13-15H,3-4,6,9,12H2,1-2H3,(H,25,27). The number of carbonyl (C=O) groups is 1. The summed E-state index contributed by atoms with van der Waals surface area (Å²) in [5.74, 6) is 2.16. The minimum absolute atomic E-state index is 0.190. The van der Waals surface area contributed by atoms with Gasteiger partial charge in [-0.2, -0.15) is 0 Å². The maximum absolute atomic E-state index is 12.8. The predicted molar refractivity (Wildman–Crippen MR) is 113 cm³/mol. The van der Waals surface area contributed by atoms with Crippen molar-refractivity contribution >= 4 is 11.6 Å². The van der Waals surface area contributed by atoms with Gasteiger partial charge in [0.15, 0.2) is 11.5 Å². The molecule has 0 radical (unpaired) electrons. The van der Waals surface area contributed by atoms with Gasteiger partial charge in [-0.05, 0) is 50.6 Å². The van der Waals surface area contributed by atoms with Gasteiger partial charge in [-0.15, -0.1) is 0 Å². The van der Waals surface area contributed by atoms with Gasteiger partial charge in [-0.25, -0.2) is 4.98 Å². The number of nitrogens with zero attached hydrogens (tertiary/aromatic N) is 2. The summed E-state index contributed by atoms with van der Waals surface area (Å²) < 4.78 is 13.4. The quantitative estimate of drug-likeness (QED) is 0.642. The summed E-state index contributed by atoms with van der Waals surface area (Å²) in [7, 11) is 0. The van der Waals surface area contributed by atoms with E-state index >= 15 is 0 Å². The maximum Gasteiger partial charge on any atom is 0.255 e. The van der Waals surface area contributed by atoms with Crippen LogP contribution in [-0.2, 0) is 13.0 Å². The minimum atomic E-state index is -0.190. The Morgan fingerprint density at radius 2 is 1.93 bits per heavy atom. The van der Waals surface area contributed by atoms with Crippen molar-refractivity contribution in [2.45, 2.75) is 33.2 Å². The van der Waals surface area contributed by atoms with E-state index in [1.165, 1.54) is 0 Å². The molecule has 2 aromatic carbocycles. The highest BCUT2D eigenvalue weighted by molar-refractivity contribution is 6.04. The molecule has 0 saturated carbocycles. The first-order valence-electron chi connectivity index (χ1n) is 10.1. The van der Waals surface area contributed by atoms with Crippen LogP contribution < -0.4 is 14.8 Å². The second-order valence-corrected chi connectivity index (χ2v) is 6.88. The molecule has 6 heteroatoms. The molecule has 0 aliphatic carbocycles. The largest absolute Gasteiger partial charge is 0.490 e. The van der Waals surface area contributed by atoms with Crippen molar-refractivity contribution in [1.82, 2.24) is 9.55 Å². The molecule has 2 heterocycles. The van der Waals surface area contributed by atoms with Gasteiger partial charge in [0.25, 0.3) is 5.91 Å². The number of fused-ring (bicyclic) bond motifs is 1. The molecule has 0 unspecified atom stereocenters. The molecule has 0 bridgehead atoms. The number of ether oxygens (including phenoxy) is 2. The monoisotopic (exact) mass is 391 g/mol. The molecular weight excluding hydrogens is 366 g/mol. The van der Waals surface area contributed by atoms with Crippen molar-refractivity contribution in [3.63, 3.8) is 0 Å². The van der Waals surface area contributed by atoms with E-state index in [9.17, 15) is 4.79 Å². The summed E-state index contributed by atoms with van der Waals surface area (Å²) >= 11 is 0. The third-order valence-corrected chi connectivity index (χ3v) is 4.94. The van der Waals surface area contributed by atoms with E-state index in [4.69, 9.17) is 9.47 Å². The summed E-state index contributed by atoms with van der Waals surface area (Å²) in [4.78, 5) is 17.3. The molecule has 1 aliphatic rings. The van der Waals surface area contributed by atoms with Crippen LogP contribution in [0.4, 0.5) is 5.69 Å². The summed E-state index contributed by atoms with van der Waals surface area (Å²) in [6, 6.07) is 13.1. The van der Waals surface area contributed by atoms with E-state index < -0.39 is 0 Å². The Hall–Kier alpha value is -3.28. The molecule has 1 aliphatic heterocycles. The van der Waals surface area contributed by atoms with Gasteiger partial charge < -0.3 is 19.4 Å². The SMILES string of the molecule is CCOc1ccc(C(=O)Nc2cccc(-c3cnc4n3CCC4)c2)cc1OCC. The van der Waals surface area contributed by atoms with Crippen molar-refractivity contribution in [3.8, 4) is 22.8 Å². The molecule has 1 amide bonds. The second-order valence-electron chi connectivity index (χ2n) is 6.88. The first-order valence-corrected chi connectivity index (χ1v) is 10.1. The fourth-order valence-electron chi connectivity index (χ4n) is 3.64. The van der Waals surface area contributed by atoms with Crippen LogP contribution in [0.25, 0.3) is 11.3 Å².